The van der Waals surface area contributed by atoms with Gasteiger partial charge in [-0.05, 0) is 31.4 Å². The molecule has 3 unspecified atom stereocenters. The van der Waals surface area contributed by atoms with E-state index < -0.39 is 18.1 Å². The van der Waals surface area contributed by atoms with Crippen molar-refractivity contribution in [3.05, 3.63) is 20.3 Å². The first-order valence-corrected chi connectivity index (χ1v) is 8.13. The molecule has 20 heavy (non-hydrogen) atoms. The van der Waals surface area contributed by atoms with Gasteiger partial charge in [-0.1, -0.05) is 36.0 Å². The zero-order chi connectivity index (χ0) is 14.9. The average molecular weight is 346 g/mol. The van der Waals surface area contributed by atoms with Gasteiger partial charge in [-0.15, -0.1) is 11.3 Å². The standard InChI is InChI=1S/C13H16Cl2F3NS/c1-7(8-6-11(14)20-12(8)15)19-10-5-3-2-4-9(10)13(16,17)18/h6-7,9-10,19H,2-5H2,1H3. The molecule has 3 atom stereocenters. The van der Waals surface area contributed by atoms with Crippen molar-refractivity contribution in [2.75, 3.05) is 0 Å². The van der Waals surface area contributed by atoms with Crippen LogP contribution in [-0.4, -0.2) is 12.2 Å². The molecule has 0 aromatic carbocycles. The van der Waals surface area contributed by atoms with Crippen molar-refractivity contribution in [1.29, 1.82) is 0 Å². The van der Waals surface area contributed by atoms with Crippen LogP contribution in [0.5, 0.6) is 0 Å². The molecule has 0 amide bonds. The molecule has 0 aliphatic heterocycles. The summed E-state index contributed by atoms with van der Waals surface area (Å²) in [6.07, 6.45) is -1.93. The topological polar surface area (TPSA) is 12.0 Å². The van der Waals surface area contributed by atoms with Crippen LogP contribution in [0.3, 0.4) is 0 Å². The Labute approximate surface area is 130 Å². The van der Waals surface area contributed by atoms with Crippen LogP contribution in [0, 0.1) is 5.92 Å². The van der Waals surface area contributed by atoms with Crippen LogP contribution in [-0.2, 0) is 0 Å². The largest absolute Gasteiger partial charge is 0.393 e. The number of thiophene rings is 1. The minimum atomic E-state index is -4.14. The first kappa shape index (κ1) is 16.4. The van der Waals surface area contributed by atoms with Crippen molar-refractivity contribution in [1.82, 2.24) is 5.32 Å². The fourth-order valence-corrected chi connectivity index (χ4v) is 4.43. The third kappa shape index (κ3) is 3.81. The number of nitrogens with one attached hydrogen (secondary N) is 1. The van der Waals surface area contributed by atoms with E-state index in [1.165, 1.54) is 11.3 Å². The molecule has 1 fully saturated rings. The van der Waals surface area contributed by atoms with E-state index >= 15 is 0 Å². The molecule has 1 aromatic rings. The number of alkyl halides is 3. The van der Waals surface area contributed by atoms with E-state index in [4.69, 9.17) is 23.2 Å². The van der Waals surface area contributed by atoms with Crippen molar-refractivity contribution in [2.24, 2.45) is 5.92 Å². The molecule has 0 saturated heterocycles. The SMILES string of the molecule is CC(NC1CCCCC1C(F)(F)F)c1cc(Cl)sc1Cl. The van der Waals surface area contributed by atoms with Gasteiger partial charge in [-0.2, -0.15) is 13.2 Å². The Bertz CT molecular complexity index is 461. The molecule has 114 valence electrons. The van der Waals surface area contributed by atoms with Gasteiger partial charge in [-0.25, -0.2) is 0 Å². The maximum atomic E-state index is 13.0. The minimum absolute atomic E-state index is 0.200. The first-order valence-electron chi connectivity index (χ1n) is 6.56. The summed E-state index contributed by atoms with van der Waals surface area (Å²) in [6, 6.07) is 0.935. The molecule has 7 heteroatoms. The number of rotatable bonds is 3. The van der Waals surface area contributed by atoms with E-state index in [1.54, 1.807) is 6.07 Å². The summed E-state index contributed by atoms with van der Waals surface area (Å²) < 4.78 is 40.2. The Morgan fingerprint density at radius 2 is 1.95 bits per heavy atom. The van der Waals surface area contributed by atoms with E-state index in [2.05, 4.69) is 5.32 Å². The van der Waals surface area contributed by atoms with Crippen LogP contribution in [0.4, 0.5) is 13.2 Å². The Morgan fingerprint density at radius 1 is 1.30 bits per heavy atom. The molecule has 1 aliphatic rings. The predicted molar refractivity (Wildman–Crippen MR) is 77.7 cm³/mol. The minimum Gasteiger partial charge on any atom is -0.307 e. The monoisotopic (exact) mass is 345 g/mol. The summed E-state index contributed by atoms with van der Waals surface area (Å²) in [5, 5.41) is 3.09. The lowest BCUT2D eigenvalue weighted by atomic mass is 9.83. The summed E-state index contributed by atoms with van der Waals surface area (Å²) in [6.45, 7) is 1.83. The van der Waals surface area contributed by atoms with Gasteiger partial charge in [-0.3, -0.25) is 0 Å². The summed E-state index contributed by atoms with van der Waals surface area (Å²) in [5.74, 6) is -1.27. The number of hydrogen-bond acceptors (Lipinski definition) is 2. The molecule has 1 nitrogen and oxygen atoms in total. The summed E-state index contributed by atoms with van der Waals surface area (Å²) in [4.78, 5) is 0. The van der Waals surface area contributed by atoms with Crippen molar-refractivity contribution in [2.45, 2.75) is 50.9 Å². The highest BCUT2D eigenvalue weighted by Crippen LogP contribution is 2.40. The van der Waals surface area contributed by atoms with E-state index in [0.717, 1.165) is 12.0 Å². The molecule has 1 heterocycles. The van der Waals surface area contributed by atoms with Gasteiger partial charge in [0.05, 0.1) is 14.6 Å². The zero-order valence-corrected chi connectivity index (χ0v) is 13.3. The van der Waals surface area contributed by atoms with Crippen LogP contribution < -0.4 is 5.32 Å². The molecule has 0 spiro atoms. The normalized spacial score (nSPS) is 25.7. The van der Waals surface area contributed by atoms with Crippen molar-refractivity contribution < 1.29 is 13.2 Å². The molecule has 1 N–H and O–H groups in total. The smallest absolute Gasteiger partial charge is 0.307 e. The molecular weight excluding hydrogens is 330 g/mol. The van der Waals surface area contributed by atoms with Crippen LogP contribution in [0.25, 0.3) is 0 Å². The van der Waals surface area contributed by atoms with Crippen molar-refractivity contribution in [3.63, 3.8) is 0 Å². The summed E-state index contributed by atoms with van der Waals surface area (Å²) in [5.41, 5.74) is 0.771. The fourth-order valence-electron chi connectivity index (χ4n) is 2.78. The fraction of sp³-hybridized carbons (Fsp3) is 0.692. The molecule has 0 radical (unpaired) electrons. The summed E-state index contributed by atoms with van der Waals surface area (Å²) in [7, 11) is 0. The average Bonchev–Trinajstić information content (AvgIpc) is 2.68. The van der Waals surface area contributed by atoms with Crippen LogP contribution in [0.15, 0.2) is 6.07 Å². The Hall–Kier alpha value is 0.0300. The maximum Gasteiger partial charge on any atom is 0.393 e. The highest BCUT2D eigenvalue weighted by Gasteiger charge is 2.45. The van der Waals surface area contributed by atoms with Gasteiger partial charge < -0.3 is 5.32 Å². The lowest BCUT2D eigenvalue weighted by molar-refractivity contribution is -0.189. The first-order chi connectivity index (χ1) is 9.29. The van der Waals surface area contributed by atoms with Crippen molar-refractivity contribution in [3.8, 4) is 0 Å². The van der Waals surface area contributed by atoms with Gasteiger partial charge in [0.1, 0.15) is 0 Å². The Kier molecular flexibility index (Phi) is 5.27. The van der Waals surface area contributed by atoms with E-state index in [9.17, 15) is 13.2 Å². The Balaban J connectivity index is 2.09. The van der Waals surface area contributed by atoms with E-state index in [0.29, 0.717) is 21.5 Å². The Morgan fingerprint density at radius 3 is 2.50 bits per heavy atom. The van der Waals surface area contributed by atoms with Gasteiger partial charge in [0, 0.05) is 12.1 Å². The highest BCUT2D eigenvalue weighted by molar-refractivity contribution is 7.20. The van der Waals surface area contributed by atoms with Crippen LogP contribution in [0.1, 0.15) is 44.2 Å². The molecule has 1 aromatic heterocycles. The third-order valence-electron chi connectivity index (χ3n) is 3.80. The van der Waals surface area contributed by atoms with Gasteiger partial charge >= 0.3 is 6.18 Å². The molecule has 2 rings (SSSR count). The second-order valence-electron chi connectivity index (χ2n) is 5.21. The number of hydrogen-bond donors (Lipinski definition) is 1. The highest BCUT2D eigenvalue weighted by atomic mass is 35.5. The van der Waals surface area contributed by atoms with E-state index in [-0.39, 0.29) is 12.5 Å². The molecule has 1 saturated carbocycles. The maximum absolute atomic E-state index is 13.0. The lowest BCUT2D eigenvalue weighted by Crippen LogP contribution is -2.46. The summed E-state index contributed by atoms with van der Waals surface area (Å²) >= 11 is 13.2. The van der Waals surface area contributed by atoms with Crippen LogP contribution >= 0.6 is 34.5 Å². The lowest BCUT2D eigenvalue weighted by Gasteiger charge is -2.35. The molecule has 0 bridgehead atoms. The quantitative estimate of drug-likeness (QED) is 0.726. The van der Waals surface area contributed by atoms with Gasteiger partial charge in [0.25, 0.3) is 0 Å². The second kappa shape index (κ2) is 6.42. The van der Waals surface area contributed by atoms with Crippen molar-refractivity contribution >= 4 is 34.5 Å². The zero-order valence-electron chi connectivity index (χ0n) is 10.9. The van der Waals surface area contributed by atoms with Crippen LogP contribution in [0.2, 0.25) is 8.67 Å². The van der Waals surface area contributed by atoms with Gasteiger partial charge in [0.15, 0.2) is 0 Å². The third-order valence-corrected chi connectivity index (χ3v) is 5.32. The predicted octanol–water partition coefficient (Wildman–Crippen LogP) is 5.83. The second-order valence-corrected chi connectivity index (χ2v) is 7.49. The molecule has 1 aliphatic carbocycles. The number of halogens is 5. The van der Waals surface area contributed by atoms with E-state index in [1.807, 2.05) is 6.92 Å². The molecular formula is C13H16Cl2F3NS. The van der Waals surface area contributed by atoms with Gasteiger partial charge in [0.2, 0.25) is 0 Å².